The van der Waals surface area contributed by atoms with Crippen LogP contribution in [0.1, 0.15) is 21.5 Å². The van der Waals surface area contributed by atoms with E-state index in [4.69, 9.17) is 9.47 Å². The Labute approximate surface area is 153 Å². The smallest absolute Gasteiger partial charge is 0.269 e. The lowest BCUT2D eigenvalue weighted by Crippen LogP contribution is -2.10. The van der Waals surface area contributed by atoms with Crippen molar-refractivity contribution < 1.29 is 27.2 Å². The highest BCUT2D eigenvalue weighted by Crippen LogP contribution is 2.30. The normalized spacial score (nSPS) is 11.5. The minimum Gasteiger partial charge on any atom is -0.493 e. The maximum Gasteiger partial charge on any atom is 0.269 e. The van der Waals surface area contributed by atoms with Crippen molar-refractivity contribution in [2.75, 3.05) is 14.2 Å². The fraction of sp³-hybridized carbons (Fsp3) is 0.188. The summed E-state index contributed by atoms with van der Waals surface area (Å²) in [4.78, 5) is 13.0. The molecule has 136 valence electrons. The van der Waals surface area contributed by atoms with Crippen LogP contribution in [0.25, 0.3) is 10.2 Å². The molecule has 0 saturated carbocycles. The van der Waals surface area contributed by atoms with Crippen molar-refractivity contribution in [3.8, 4) is 11.5 Å². The number of carbonyl (C=O) groups is 1. The number of aromatic nitrogens is 2. The van der Waals surface area contributed by atoms with Crippen molar-refractivity contribution in [1.82, 2.24) is 9.59 Å². The van der Waals surface area contributed by atoms with Crippen LogP contribution in [-0.2, 0) is 15.9 Å². The standard InChI is InChI=1S/C16H14N2O6S2/c1-23-13-4-3-9(6-14(13)24-2)16(19)11-7-15-12(17-18-25-15)5-10(11)8-26(20,21)22/h3-7H,8H2,1-2H3,(H,20,21,22). The molecule has 10 heteroatoms. The first-order valence-corrected chi connectivity index (χ1v) is 9.67. The summed E-state index contributed by atoms with van der Waals surface area (Å²) in [6, 6.07) is 7.62. The van der Waals surface area contributed by atoms with Gasteiger partial charge in [-0.3, -0.25) is 9.35 Å². The molecule has 26 heavy (non-hydrogen) atoms. The lowest BCUT2D eigenvalue weighted by atomic mass is 9.98. The molecule has 1 heterocycles. The first-order valence-electron chi connectivity index (χ1n) is 7.29. The molecule has 3 aromatic rings. The van der Waals surface area contributed by atoms with Gasteiger partial charge in [-0.15, -0.1) is 5.10 Å². The van der Waals surface area contributed by atoms with E-state index in [1.54, 1.807) is 12.1 Å². The van der Waals surface area contributed by atoms with Crippen LogP contribution in [0, 0.1) is 0 Å². The van der Waals surface area contributed by atoms with Crippen LogP contribution >= 0.6 is 11.5 Å². The molecular formula is C16H14N2O6S2. The van der Waals surface area contributed by atoms with Gasteiger partial charge in [-0.05, 0) is 47.4 Å². The Balaban J connectivity index is 2.13. The third kappa shape index (κ3) is 3.66. The van der Waals surface area contributed by atoms with E-state index in [1.807, 2.05) is 0 Å². The Bertz CT molecular complexity index is 1090. The summed E-state index contributed by atoms with van der Waals surface area (Å²) in [5.74, 6) is -0.283. The minimum absolute atomic E-state index is 0.146. The second kappa shape index (κ2) is 6.98. The van der Waals surface area contributed by atoms with Crippen molar-refractivity contribution in [2.24, 2.45) is 0 Å². The highest BCUT2D eigenvalue weighted by Gasteiger charge is 2.21. The van der Waals surface area contributed by atoms with E-state index in [0.717, 1.165) is 11.5 Å². The van der Waals surface area contributed by atoms with Gasteiger partial charge in [0.2, 0.25) is 0 Å². The molecule has 0 aliphatic heterocycles. The number of ketones is 1. The fourth-order valence-electron chi connectivity index (χ4n) is 2.53. The van der Waals surface area contributed by atoms with Crippen molar-refractivity contribution in [3.05, 3.63) is 47.0 Å². The molecule has 1 aromatic heterocycles. The van der Waals surface area contributed by atoms with Crippen LogP contribution in [-0.4, -0.2) is 42.6 Å². The van der Waals surface area contributed by atoms with Crippen LogP contribution < -0.4 is 9.47 Å². The lowest BCUT2D eigenvalue weighted by Gasteiger charge is -2.11. The van der Waals surface area contributed by atoms with E-state index in [-0.39, 0.29) is 16.7 Å². The van der Waals surface area contributed by atoms with Gasteiger partial charge in [0.15, 0.2) is 17.3 Å². The quantitative estimate of drug-likeness (QED) is 0.500. The summed E-state index contributed by atoms with van der Waals surface area (Å²) in [6.07, 6.45) is 0. The zero-order chi connectivity index (χ0) is 18.9. The van der Waals surface area contributed by atoms with Crippen molar-refractivity contribution in [1.29, 1.82) is 0 Å². The number of hydrogen-bond acceptors (Lipinski definition) is 8. The largest absolute Gasteiger partial charge is 0.493 e. The molecule has 0 atom stereocenters. The Morgan fingerprint density at radius 3 is 2.54 bits per heavy atom. The molecule has 0 bridgehead atoms. The number of ether oxygens (including phenoxy) is 2. The number of fused-ring (bicyclic) bond motifs is 1. The third-order valence-electron chi connectivity index (χ3n) is 3.70. The predicted molar refractivity (Wildman–Crippen MR) is 95.6 cm³/mol. The molecule has 0 fully saturated rings. The number of methoxy groups -OCH3 is 2. The monoisotopic (exact) mass is 394 g/mol. The average Bonchev–Trinajstić information content (AvgIpc) is 3.05. The van der Waals surface area contributed by atoms with Gasteiger partial charge in [0.05, 0.1) is 18.9 Å². The Morgan fingerprint density at radius 1 is 1.15 bits per heavy atom. The van der Waals surface area contributed by atoms with E-state index in [0.29, 0.717) is 21.7 Å². The Kier molecular flexibility index (Phi) is 4.90. The third-order valence-corrected chi connectivity index (χ3v) is 5.06. The van der Waals surface area contributed by atoms with Crippen LogP contribution in [0.3, 0.4) is 0 Å². The number of hydrogen-bond donors (Lipinski definition) is 1. The highest BCUT2D eigenvalue weighted by atomic mass is 32.2. The molecule has 3 rings (SSSR count). The summed E-state index contributed by atoms with van der Waals surface area (Å²) in [5, 5.41) is 3.88. The highest BCUT2D eigenvalue weighted by molar-refractivity contribution is 7.85. The molecule has 2 aromatic carbocycles. The van der Waals surface area contributed by atoms with Gasteiger partial charge in [-0.2, -0.15) is 8.42 Å². The second-order valence-corrected chi connectivity index (χ2v) is 7.61. The van der Waals surface area contributed by atoms with E-state index >= 15 is 0 Å². The number of benzene rings is 2. The van der Waals surface area contributed by atoms with Crippen molar-refractivity contribution >= 4 is 37.7 Å². The van der Waals surface area contributed by atoms with Gasteiger partial charge in [-0.25, -0.2) is 0 Å². The molecule has 0 amide bonds. The van der Waals surface area contributed by atoms with E-state index in [1.165, 1.54) is 32.4 Å². The topological polar surface area (TPSA) is 116 Å². The Morgan fingerprint density at radius 2 is 1.88 bits per heavy atom. The summed E-state index contributed by atoms with van der Waals surface area (Å²) in [7, 11) is -1.40. The first kappa shape index (κ1) is 18.2. The molecule has 8 nitrogen and oxygen atoms in total. The van der Waals surface area contributed by atoms with Crippen LogP contribution in [0.15, 0.2) is 30.3 Å². The van der Waals surface area contributed by atoms with Gasteiger partial charge >= 0.3 is 0 Å². The maximum atomic E-state index is 13.0. The zero-order valence-electron chi connectivity index (χ0n) is 13.8. The van der Waals surface area contributed by atoms with Gasteiger partial charge < -0.3 is 9.47 Å². The van der Waals surface area contributed by atoms with Gasteiger partial charge in [0.25, 0.3) is 10.1 Å². The lowest BCUT2D eigenvalue weighted by molar-refractivity contribution is 0.103. The zero-order valence-corrected chi connectivity index (χ0v) is 15.4. The number of rotatable bonds is 6. The Hall–Kier alpha value is -2.56. The predicted octanol–water partition coefficient (Wildman–Crippen LogP) is 2.33. The van der Waals surface area contributed by atoms with E-state index < -0.39 is 21.7 Å². The molecule has 1 N–H and O–H groups in total. The molecule has 0 saturated heterocycles. The van der Waals surface area contributed by atoms with E-state index in [2.05, 4.69) is 9.59 Å². The summed E-state index contributed by atoms with van der Waals surface area (Å²) in [5.41, 5.74) is 1.04. The first-order chi connectivity index (χ1) is 12.3. The molecule has 0 radical (unpaired) electrons. The van der Waals surface area contributed by atoms with Crippen molar-refractivity contribution in [3.63, 3.8) is 0 Å². The van der Waals surface area contributed by atoms with Crippen LogP contribution in [0.5, 0.6) is 11.5 Å². The van der Waals surface area contributed by atoms with Gasteiger partial charge in [0.1, 0.15) is 11.3 Å². The average molecular weight is 394 g/mol. The second-order valence-electron chi connectivity index (χ2n) is 5.38. The molecular weight excluding hydrogens is 380 g/mol. The molecule has 0 spiro atoms. The number of nitrogens with zero attached hydrogens (tertiary/aromatic N) is 2. The maximum absolute atomic E-state index is 13.0. The molecule has 0 aliphatic carbocycles. The van der Waals surface area contributed by atoms with Crippen molar-refractivity contribution in [2.45, 2.75) is 5.75 Å². The van der Waals surface area contributed by atoms with Crippen LogP contribution in [0.2, 0.25) is 0 Å². The number of carbonyl (C=O) groups excluding carboxylic acids is 1. The van der Waals surface area contributed by atoms with Gasteiger partial charge in [-0.1, -0.05) is 4.49 Å². The summed E-state index contributed by atoms with van der Waals surface area (Å²) in [6.45, 7) is 0. The minimum atomic E-state index is -4.33. The summed E-state index contributed by atoms with van der Waals surface area (Å²) < 4.78 is 46.7. The van der Waals surface area contributed by atoms with Crippen LogP contribution in [0.4, 0.5) is 0 Å². The van der Waals surface area contributed by atoms with Gasteiger partial charge in [0, 0.05) is 11.1 Å². The SMILES string of the molecule is COc1ccc(C(=O)c2cc3snnc3cc2CS(=O)(=O)O)cc1OC. The molecule has 0 unspecified atom stereocenters. The summed E-state index contributed by atoms with van der Waals surface area (Å²) >= 11 is 1.08. The molecule has 0 aliphatic rings. The fourth-order valence-corrected chi connectivity index (χ4v) is 3.74. The van der Waals surface area contributed by atoms with E-state index in [9.17, 15) is 17.8 Å².